The van der Waals surface area contributed by atoms with Gasteiger partial charge in [0.2, 0.25) is 0 Å². The molecule has 0 saturated carbocycles. The van der Waals surface area contributed by atoms with Crippen molar-refractivity contribution in [3.63, 3.8) is 0 Å². The highest BCUT2D eigenvalue weighted by atomic mass is 16.6. The summed E-state index contributed by atoms with van der Waals surface area (Å²) >= 11 is 0. The first-order valence-corrected chi connectivity index (χ1v) is 10.1. The Morgan fingerprint density at radius 3 is 1.30 bits per heavy atom. The zero-order valence-electron chi connectivity index (χ0n) is 17.5. The highest BCUT2D eigenvalue weighted by Gasteiger charge is 2.13. The van der Waals surface area contributed by atoms with Crippen LogP contribution >= 0.6 is 0 Å². The van der Waals surface area contributed by atoms with Gasteiger partial charge in [0.15, 0.2) is 0 Å². The SMILES string of the molecule is CCCCC(=O)OC(=O)CCCC.O=C(OC(=O)c1ccccc1)c1ccccc1. The highest BCUT2D eigenvalue weighted by molar-refractivity contribution is 6.02. The van der Waals surface area contributed by atoms with Gasteiger partial charge in [-0.25, -0.2) is 9.59 Å². The van der Waals surface area contributed by atoms with Gasteiger partial charge in [-0.2, -0.15) is 0 Å². The predicted octanol–water partition coefficient (Wildman–Crippen LogP) is 5.12. The Hall–Kier alpha value is -3.28. The van der Waals surface area contributed by atoms with Crippen LogP contribution < -0.4 is 0 Å². The summed E-state index contributed by atoms with van der Waals surface area (Å²) in [6, 6.07) is 16.8. The minimum Gasteiger partial charge on any atom is -0.393 e. The molecule has 0 aliphatic heterocycles. The molecule has 0 unspecified atom stereocenters. The molecular weight excluding hydrogens is 384 g/mol. The van der Waals surface area contributed by atoms with Crippen molar-refractivity contribution in [3.8, 4) is 0 Å². The molecule has 0 heterocycles. The molecular formula is C24H28O6. The van der Waals surface area contributed by atoms with E-state index in [2.05, 4.69) is 4.74 Å². The summed E-state index contributed by atoms with van der Waals surface area (Å²) in [5.74, 6) is -2.05. The van der Waals surface area contributed by atoms with Crippen molar-refractivity contribution in [1.82, 2.24) is 0 Å². The summed E-state index contributed by atoms with van der Waals surface area (Å²) in [5, 5.41) is 0. The molecule has 0 aliphatic carbocycles. The first-order valence-electron chi connectivity index (χ1n) is 10.1. The van der Waals surface area contributed by atoms with Gasteiger partial charge in [0, 0.05) is 12.8 Å². The Morgan fingerprint density at radius 2 is 0.967 bits per heavy atom. The highest BCUT2D eigenvalue weighted by Crippen LogP contribution is 2.06. The Bertz CT molecular complexity index is 731. The average molecular weight is 412 g/mol. The molecule has 2 aromatic carbocycles. The van der Waals surface area contributed by atoms with Crippen molar-refractivity contribution in [3.05, 3.63) is 71.8 Å². The van der Waals surface area contributed by atoms with Crippen LogP contribution in [0.4, 0.5) is 0 Å². The second-order valence-electron chi connectivity index (χ2n) is 6.46. The van der Waals surface area contributed by atoms with Crippen LogP contribution in [0, 0.1) is 0 Å². The van der Waals surface area contributed by atoms with E-state index >= 15 is 0 Å². The van der Waals surface area contributed by atoms with E-state index in [1.165, 1.54) is 0 Å². The number of esters is 4. The Labute approximate surface area is 177 Å². The third-order valence-corrected chi connectivity index (χ3v) is 3.90. The van der Waals surface area contributed by atoms with Crippen molar-refractivity contribution >= 4 is 23.9 Å². The average Bonchev–Trinajstić information content (AvgIpc) is 2.77. The van der Waals surface area contributed by atoms with Crippen molar-refractivity contribution in [2.75, 3.05) is 0 Å². The summed E-state index contributed by atoms with van der Waals surface area (Å²) in [6.45, 7) is 3.98. The molecule has 2 aromatic rings. The molecule has 0 fully saturated rings. The van der Waals surface area contributed by atoms with Crippen molar-refractivity contribution < 1.29 is 28.7 Å². The maximum atomic E-state index is 11.6. The summed E-state index contributed by atoms with van der Waals surface area (Å²) in [7, 11) is 0. The molecule has 30 heavy (non-hydrogen) atoms. The maximum absolute atomic E-state index is 11.6. The summed E-state index contributed by atoms with van der Waals surface area (Å²) < 4.78 is 9.32. The first kappa shape index (κ1) is 24.8. The smallest absolute Gasteiger partial charge is 0.346 e. The number of unbranched alkanes of at least 4 members (excludes halogenated alkanes) is 2. The number of hydrogen-bond donors (Lipinski definition) is 0. The molecule has 0 N–H and O–H groups in total. The van der Waals surface area contributed by atoms with E-state index in [1.807, 2.05) is 13.8 Å². The molecule has 0 aliphatic rings. The number of rotatable bonds is 8. The van der Waals surface area contributed by atoms with Gasteiger partial charge in [-0.05, 0) is 37.1 Å². The minimum absolute atomic E-state index is 0.356. The number of carbonyl (C=O) groups is 4. The van der Waals surface area contributed by atoms with Crippen molar-refractivity contribution in [1.29, 1.82) is 0 Å². The second-order valence-corrected chi connectivity index (χ2v) is 6.46. The Kier molecular flexibility index (Phi) is 12.1. The lowest BCUT2D eigenvalue weighted by Gasteiger charge is -2.02. The molecule has 0 amide bonds. The van der Waals surface area contributed by atoms with E-state index in [0.717, 1.165) is 25.7 Å². The predicted molar refractivity (Wildman–Crippen MR) is 113 cm³/mol. The monoisotopic (exact) mass is 412 g/mol. The lowest BCUT2D eigenvalue weighted by molar-refractivity contribution is -0.159. The number of ether oxygens (including phenoxy) is 2. The van der Waals surface area contributed by atoms with Gasteiger partial charge in [0.1, 0.15) is 0 Å². The second kappa shape index (κ2) is 14.7. The van der Waals surface area contributed by atoms with E-state index in [-0.39, 0.29) is 11.9 Å². The summed E-state index contributed by atoms with van der Waals surface area (Å²) in [5.41, 5.74) is 0.716. The van der Waals surface area contributed by atoms with Crippen LogP contribution in [0.3, 0.4) is 0 Å². The van der Waals surface area contributed by atoms with Crippen LogP contribution in [0.25, 0.3) is 0 Å². The van der Waals surface area contributed by atoms with E-state index in [0.29, 0.717) is 24.0 Å². The molecule has 160 valence electrons. The fraction of sp³-hybridized carbons (Fsp3) is 0.333. The number of carbonyl (C=O) groups excluding carboxylic acids is 4. The van der Waals surface area contributed by atoms with E-state index in [9.17, 15) is 19.2 Å². The summed E-state index contributed by atoms with van der Waals surface area (Å²) in [6.07, 6.45) is 4.18. The molecule has 6 nitrogen and oxygen atoms in total. The van der Waals surface area contributed by atoms with Crippen molar-refractivity contribution in [2.24, 2.45) is 0 Å². The molecule has 2 rings (SSSR count). The maximum Gasteiger partial charge on any atom is 0.346 e. The van der Waals surface area contributed by atoms with Gasteiger partial charge in [0.05, 0.1) is 11.1 Å². The van der Waals surface area contributed by atoms with Gasteiger partial charge in [-0.15, -0.1) is 0 Å². The zero-order chi connectivity index (χ0) is 22.2. The molecule has 0 radical (unpaired) electrons. The number of hydrogen-bond acceptors (Lipinski definition) is 6. The first-order chi connectivity index (χ1) is 14.5. The third kappa shape index (κ3) is 10.3. The van der Waals surface area contributed by atoms with Crippen LogP contribution in [-0.2, 0) is 19.1 Å². The molecule has 0 bridgehead atoms. The van der Waals surface area contributed by atoms with Gasteiger partial charge < -0.3 is 9.47 Å². The van der Waals surface area contributed by atoms with Gasteiger partial charge in [-0.1, -0.05) is 63.1 Å². The Balaban J connectivity index is 0.000000314. The van der Waals surface area contributed by atoms with Crippen LogP contribution in [0.5, 0.6) is 0 Å². The van der Waals surface area contributed by atoms with Gasteiger partial charge >= 0.3 is 23.9 Å². The zero-order valence-corrected chi connectivity index (χ0v) is 17.5. The lowest BCUT2D eigenvalue weighted by Crippen LogP contribution is -2.12. The number of benzene rings is 2. The van der Waals surface area contributed by atoms with E-state index in [4.69, 9.17) is 4.74 Å². The molecule has 0 spiro atoms. The standard InChI is InChI=1S/C14H10O3.C10H18O3/c15-13(11-7-3-1-4-8-11)17-14(16)12-9-5-2-6-10-12;1-3-5-7-9(11)13-10(12)8-6-4-2/h1-10H;3-8H2,1-2H3. The topological polar surface area (TPSA) is 86.7 Å². The van der Waals surface area contributed by atoms with E-state index in [1.54, 1.807) is 60.7 Å². The largest absolute Gasteiger partial charge is 0.393 e. The molecule has 0 saturated heterocycles. The van der Waals surface area contributed by atoms with Gasteiger partial charge in [-0.3, -0.25) is 9.59 Å². The molecule has 6 heteroatoms. The van der Waals surface area contributed by atoms with Crippen molar-refractivity contribution in [2.45, 2.75) is 52.4 Å². The Morgan fingerprint density at radius 1 is 0.600 bits per heavy atom. The van der Waals surface area contributed by atoms with Crippen LogP contribution in [0.15, 0.2) is 60.7 Å². The fourth-order valence-corrected chi connectivity index (χ4v) is 2.22. The van der Waals surface area contributed by atoms with Crippen LogP contribution in [0.2, 0.25) is 0 Å². The third-order valence-electron chi connectivity index (χ3n) is 3.90. The normalized spacial score (nSPS) is 9.67. The van der Waals surface area contributed by atoms with Gasteiger partial charge in [0.25, 0.3) is 0 Å². The summed E-state index contributed by atoms with van der Waals surface area (Å²) in [4.78, 5) is 45.0. The quantitative estimate of drug-likeness (QED) is 0.442. The minimum atomic E-state index is -0.639. The molecule has 0 atom stereocenters. The van der Waals surface area contributed by atoms with Crippen LogP contribution in [-0.4, -0.2) is 23.9 Å². The van der Waals surface area contributed by atoms with Crippen LogP contribution in [0.1, 0.15) is 73.1 Å². The molecule has 0 aromatic heterocycles. The lowest BCUT2D eigenvalue weighted by atomic mass is 10.2. The van der Waals surface area contributed by atoms with E-state index < -0.39 is 11.9 Å². The fourth-order valence-electron chi connectivity index (χ4n) is 2.22.